The van der Waals surface area contributed by atoms with Gasteiger partial charge in [-0.1, -0.05) is 12.1 Å². The number of benzene rings is 1. The maximum atomic E-state index is 12.9. The predicted octanol–water partition coefficient (Wildman–Crippen LogP) is 4.14. The summed E-state index contributed by atoms with van der Waals surface area (Å²) in [6.45, 7) is 3.51. The molecule has 4 rings (SSSR count). The summed E-state index contributed by atoms with van der Waals surface area (Å²) in [5, 5.41) is -0.466. The van der Waals surface area contributed by atoms with E-state index in [1.54, 1.807) is 26.0 Å². The summed E-state index contributed by atoms with van der Waals surface area (Å²) in [5.74, 6) is -1.19. The lowest BCUT2D eigenvalue weighted by atomic mass is 9.68. The second-order valence-electron chi connectivity index (χ2n) is 7.06. The molecular formula is C20H17ClO5. The Labute approximate surface area is 155 Å². The first-order valence-electron chi connectivity index (χ1n) is 8.38. The maximum Gasteiger partial charge on any atom is 0.316 e. The van der Waals surface area contributed by atoms with E-state index in [4.69, 9.17) is 20.8 Å². The van der Waals surface area contributed by atoms with Crippen LogP contribution in [0.4, 0.5) is 0 Å². The predicted molar refractivity (Wildman–Crippen MR) is 94.7 cm³/mol. The quantitative estimate of drug-likeness (QED) is 0.427. The van der Waals surface area contributed by atoms with Gasteiger partial charge in [0.25, 0.3) is 0 Å². The minimum Gasteiger partial charge on any atom is -0.468 e. The lowest BCUT2D eigenvalue weighted by Crippen LogP contribution is -2.39. The first-order valence-corrected chi connectivity index (χ1v) is 8.82. The SMILES string of the molecule is COC(=O)C1(C)CCC(Cl)c2c1ccc1c2C(=O)C(=O)c2c(C)coc2-1. The molecule has 0 amide bonds. The van der Waals surface area contributed by atoms with Crippen molar-refractivity contribution in [2.75, 3.05) is 7.11 Å². The van der Waals surface area contributed by atoms with E-state index < -0.39 is 22.4 Å². The molecule has 0 saturated carbocycles. The highest BCUT2D eigenvalue weighted by Gasteiger charge is 2.46. The third kappa shape index (κ3) is 2.01. The van der Waals surface area contributed by atoms with Crippen LogP contribution < -0.4 is 0 Å². The van der Waals surface area contributed by atoms with Crippen LogP contribution in [-0.2, 0) is 14.9 Å². The summed E-state index contributed by atoms with van der Waals surface area (Å²) in [5.41, 5.74) is 2.01. The summed E-state index contributed by atoms with van der Waals surface area (Å²) in [4.78, 5) is 38.0. The van der Waals surface area contributed by atoms with E-state index in [-0.39, 0.29) is 11.5 Å². The van der Waals surface area contributed by atoms with Crippen molar-refractivity contribution in [1.82, 2.24) is 0 Å². The van der Waals surface area contributed by atoms with Crippen LogP contribution in [0.5, 0.6) is 0 Å². The Hall–Kier alpha value is -2.40. The number of ether oxygens (including phenoxy) is 1. The number of hydrogen-bond donors (Lipinski definition) is 0. The van der Waals surface area contributed by atoms with Gasteiger partial charge in [-0.25, -0.2) is 0 Å². The molecule has 26 heavy (non-hydrogen) atoms. The number of Topliss-reactive ketones (excluding diaryl/α,β-unsaturated/α-hetero) is 2. The van der Waals surface area contributed by atoms with Gasteiger partial charge in [-0.15, -0.1) is 11.6 Å². The van der Waals surface area contributed by atoms with Crippen LogP contribution in [0.1, 0.15) is 62.5 Å². The summed E-state index contributed by atoms with van der Waals surface area (Å²) in [6, 6.07) is 3.53. The summed E-state index contributed by atoms with van der Waals surface area (Å²) < 4.78 is 10.6. The molecule has 2 aliphatic rings. The topological polar surface area (TPSA) is 73.6 Å². The van der Waals surface area contributed by atoms with Crippen molar-refractivity contribution in [2.24, 2.45) is 0 Å². The number of aryl methyl sites for hydroxylation is 1. The number of fused-ring (bicyclic) bond motifs is 5. The molecular weight excluding hydrogens is 356 g/mol. The Kier molecular flexibility index (Phi) is 3.63. The van der Waals surface area contributed by atoms with E-state index in [0.29, 0.717) is 46.4 Å². The monoisotopic (exact) mass is 372 g/mol. The molecule has 5 nitrogen and oxygen atoms in total. The molecule has 134 valence electrons. The number of methoxy groups -OCH3 is 1. The van der Waals surface area contributed by atoms with Crippen LogP contribution in [0.25, 0.3) is 11.3 Å². The molecule has 0 aliphatic heterocycles. The zero-order valence-electron chi connectivity index (χ0n) is 14.6. The molecule has 0 radical (unpaired) electrons. The number of ketones is 2. The fourth-order valence-corrected chi connectivity index (χ4v) is 4.48. The Morgan fingerprint density at radius 1 is 1.27 bits per heavy atom. The van der Waals surface area contributed by atoms with Gasteiger partial charge in [0, 0.05) is 11.1 Å². The largest absolute Gasteiger partial charge is 0.468 e. The lowest BCUT2D eigenvalue weighted by Gasteiger charge is -2.37. The van der Waals surface area contributed by atoms with Crippen molar-refractivity contribution in [1.29, 1.82) is 0 Å². The highest BCUT2D eigenvalue weighted by Crippen LogP contribution is 2.50. The van der Waals surface area contributed by atoms with Crippen molar-refractivity contribution in [3.63, 3.8) is 0 Å². The molecule has 0 spiro atoms. The van der Waals surface area contributed by atoms with E-state index in [2.05, 4.69) is 0 Å². The van der Waals surface area contributed by atoms with Crippen molar-refractivity contribution in [3.8, 4) is 11.3 Å². The molecule has 1 aromatic carbocycles. The van der Waals surface area contributed by atoms with Gasteiger partial charge in [0.2, 0.25) is 11.6 Å². The van der Waals surface area contributed by atoms with Gasteiger partial charge in [-0.3, -0.25) is 14.4 Å². The molecule has 6 heteroatoms. The molecule has 1 aromatic heterocycles. The Morgan fingerprint density at radius 3 is 2.65 bits per heavy atom. The molecule has 0 fully saturated rings. The number of halogens is 1. The van der Waals surface area contributed by atoms with E-state index in [1.165, 1.54) is 13.4 Å². The molecule has 0 bridgehead atoms. The molecule has 0 N–H and O–H groups in total. The van der Waals surface area contributed by atoms with Gasteiger partial charge >= 0.3 is 5.97 Å². The number of furan rings is 1. The van der Waals surface area contributed by atoms with E-state index in [9.17, 15) is 14.4 Å². The first-order chi connectivity index (χ1) is 12.3. The van der Waals surface area contributed by atoms with E-state index in [0.717, 1.165) is 0 Å². The number of alkyl halides is 1. The van der Waals surface area contributed by atoms with Crippen molar-refractivity contribution >= 4 is 29.1 Å². The normalized spacial score (nSPS) is 23.9. The van der Waals surface area contributed by atoms with Gasteiger partial charge in [0.15, 0.2) is 0 Å². The summed E-state index contributed by atoms with van der Waals surface area (Å²) in [6.07, 6.45) is 2.48. The molecule has 1 heterocycles. The second kappa shape index (κ2) is 5.55. The van der Waals surface area contributed by atoms with Crippen LogP contribution >= 0.6 is 11.6 Å². The zero-order chi connectivity index (χ0) is 18.8. The van der Waals surface area contributed by atoms with Gasteiger partial charge in [-0.2, -0.15) is 0 Å². The van der Waals surface area contributed by atoms with Gasteiger partial charge in [0.05, 0.1) is 29.7 Å². The Bertz CT molecular complexity index is 986. The minimum absolute atomic E-state index is 0.254. The fourth-order valence-electron chi connectivity index (χ4n) is 4.14. The first kappa shape index (κ1) is 17.0. The minimum atomic E-state index is -0.910. The Balaban J connectivity index is 2.06. The van der Waals surface area contributed by atoms with Crippen LogP contribution in [0.2, 0.25) is 0 Å². The standard InChI is InChI=1S/C20H17ClO5/c1-9-8-26-18-10-4-5-11-15(14(10)17(23)16(22)13(9)18)12(21)6-7-20(11,2)19(24)25-3/h4-5,8,12H,6-7H2,1-3H3. The Morgan fingerprint density at radius 2 is 1.96 bits per heavy atom. The van der Waals surface area contributed by atoms with Crippen LogP contribution in [0.3, 0.4) is 0 Å². The van der Waals surface area contributed by atoms with Gasteiger partial charge in [0.1, 0.15) is 5.76 Å². The van der Waals surface area contributed by atoms with Crippen LogP contribution in [0.15, 0.2) is 22.8 Å². The number of rotatable bonds is 1. The molecule has 2 unspecified atom stereocenters. The van der Waals surface area contributed by atoms with Gasteiger partial charge < -0.3 is 9.15 Å². The average molecular weight is 373 g/mol. The fraction of sp³-hybridized carbons (Fsp3) is 0.350. The smallest absolute Gasteiger partial charge is 0.316 e. The number of esters is 1. The van der Waals surface area contributed by atoms with Crippen molar-refractivity contribution in [2.45, 2.75) is 37.5 Å². The molecule has 2 atom stereocenters. The maximum absolute atomic E-state index is 12.9. The molecule has 2 aromatic rings. The third-order valence-corrected chi connectivity index (χ3v) is 6.00. The average Bonchev–Trinajstić information content (AvgIpc) is 3.03. The number of carbonyl (C=O) groups is 3. The molecule has 2 aliphatic carbocycles. The number of carbonyl (C=O) groups excluding carboxylic acids is 3. The summed E-state index contributed by atoms with van der Waals surface area (Å²) in [7, 11) is 1.34. The summed E-state index contributed by atoms with van der Waals surface area (Å²) >= 11 is 6.56. The van der Waals surface area contributed by atoms with Gasteiger partial charge in [-0.05, 0) is 43.4 Å². The highest BCUT2D eigenvalue weighted by molar-refractivity contribution is 6.53. The third-order valence-electron chi connectivity index (χ3n) is 5.57. The van der Waals surface area contributed by atoms with Crippen molar-refractivity contribution < 1.29 is 23.5 Å². The van der Waals surface area contributed by atoms with E-state index >= 15 is 0 Å². The van der Waals surface area contributed by atoms with E-state index in [1.807, 2.05) is 0 Å². The highest BCUT2D eigenvalue weighted by atomic mass is 35.5. The van der Waals surface area contributed by atoms with Crippen LogP contribution in [-0.4, -0.2) is 24.6 Å². The second-order valence-corrected chi connectivity index (χ2v) is 7.59. The zero-order valence-corrected chi connectivity index (χ0v) is 15.4. The van der Waals surface area contributed by atoms with Crippen molar-refractivity contribution in [3.05, 3.63) is 46.2 Å². The number of hydrogen-bond acceptors (Lipinski definition) is 5. The van der Waals surface area contributed by atoms with Crippen LogP contribution in [0, 0.1) is 6.92 Å². The molecule has 0 saturated heterocycles. The lowest BCUT2D eigenvalue weighted by molar-refractivity contribution is -0.147.